The minimum absolute atomic E-state index is 0.0175. The molecule has 1 unspecified atom stereocenters. The zero-order valence-electron chi connectivity index (χ0n) is 13.7. The van der Waals surface area contributed by atoms with Gasteiger partial charge in [-0.3, -0.25) is 19.7 Å². The first-order valence-electron chi connectivity index (χ1n) is 7.06. The number of nitro groups is 1. The van der Waals surface area contributed by atoms with E-state index in [1.165, 1.54) is 32.6 Å². The molecule has 1 heterocycles. The van der Waals surface area contributed by atoms with Crippen molar-refractivity contribution in [2.45, 2.75) is 11.7 Å². The molecule has 138 valence electrons. The zero-order chi connectivity index (χ0) is 19.3. The summed E-state index contributed by atoms with van der Waals surface area (Å²) < 4.78 is 10.1. The van der Waals surface area contributed by atoms with Crippen molar-refractivity contribution in [1.82, 2.24) is 5.32 Å². The Morgan fingerprint density at radius 3 is 2.77 bits per heavy atom. The molecular formula is C14H14N4O7S. The predicted octanol–water partition coefficient (Wildman–Crippen LogP) is 1.01. The minimum atomic E-state index is -1.10. The maximum Gasteiger partial charge on any atom is 0.315 e. The third-order valence-electron chi connectivity index (χ3n) is 3.17. The average Bonchev–Trinajstić information content (AvgIpc) is 2.92. The number of carbonyl (C=O) groups excluding carboxylic acids is 1. The Hall–Kier alpha value is -3.15. The van der Waals surface area contributed by atoms with Crippen LogP contribution < -0.4 is 14.8 Å². The van der Waals surface area contributed by atoms with Gasteiger partial charge in [-0.1, -0.05) is 11.8 Å². The van der Waals surface area contributed by atoms with Crippen LogP contribution in [0.2, 0.25) is 0 Å². The molecule has 1 saturated heterocycles. The molecule has 0 aromatic heterocycles. The van der Waals surface area contributed by atoms with Gasteiger partial charge in [-0.2, -0.15) is 5.10 Å². The Balaban J connectivity index is 2.20. The number of hydrogen-bond acceptors (Lipinski definition) is 9. The highest BCUT2D eigenvalue weighted by Crippen LogP contribution is 2.37. The molecule has 1 fully saturated rings. The number of nitro benzene ring substituents is 1. The van der Waals surface area contributed by atoms with Crippen LogP contribution in [0.1, 0.15) is 12.0 Å². The number of ether oxygens (including phenoxy) is 2. The lowest BCUT2D eigenvalue weighted by Gasteiger charge is -2.08. The molecule has 0 aliphatic carbocycles. The summed E-state index contributed by atoms with van der Waals surface area (Å²) in [7, 11) is 2.63. The molecule has 2 N–H and O–H groups in total. The quantitative estimate of drug-likeness (QED) is 0.402. The third-order valence-corrected chi connectivity index (χ3v) is 4.24. The molecule has 1 amide bonds. The summed E-state index contributed by atoms with van der Waals surface area (Å²) in [5.74, 6) is -1.43. The molecule has 1 atom stereocenters. The van der Waals surface area contributed by atoms with Crippen LogP contribution in [-0.2, 0) is 9.59 Å². The molecule has 0 radical (unpaired) electrons. The van der Waals surface area contributed by atoms with Crippen molar-refractivity contribution >= 4 is 40.7 Å². The Morgan fingerprint density at radius 1 is 1.46 bits per heavy atom. The first kappa shape index (κ1) is 19.2. The molecule has 26 heavy (non-hydrogen) atoms. The third kappa shape index (κ3) is 4.47. The molecule has 12 heteroatoms. The Labute approximate surface area is 151 Å². The predicted molar refractivity (Wildman–Crippen MR) is 93.0 cm³/mol. The molecule has 11 nitrogen and oxygen atoms in total. The van der Waals surface area contributed by atoms with E-state index in [4.69, 9.17) is 14.6 Å². The monoisotopic (exact) mass is 382 g/mol. The molecule has 1 aliphatic rings. The lowest BCUT2D eigenvalue weighted by atomic mass is 10.2. The first-order chi connectivity index (χ1) is 12.3. The van der Waals surface area contributed by atoms with E-state index in [9.17, 15) is 19.7 Å². The van der Waals surface area contributed by atoms with Gasteiger partial charge in [0.05, 0.1) is 31.8 Å². The number of methoxy groups -OCH3 is 2. The fraction of sp³-hybridized carbons (Fsp3) is 0.286. The molecule has 1 aromatic carbocycles. The van der Waals surface area contributed by atoms with Crippen molar-refractivity contribution in [3.63, 3.8) is 0 Å². The van der Waals surface area contributed by atoms with Gasteiger partial charge in [-0.15, -0.1) is 5.10 Å². The topological polar surface area (TPSA) is 153 Å². The molecular weight excluding hydrogens is 368 g/mol. The van der Waals surface area contributed by atoms with Gasteiger partial charge in [0, 0.05) is 11.6 Å². The van der Waals surface area contributed by atoms with Crippen molar-refractivity contribution in [1.29, 1.82) is 0 Å². The number of benzene rings is 1. The van der Waals surface area contributed by atoms with Gasteiger partial charge in [0.1, 0.15) is 5.25 Å². The standard InChI is InChI=1S/C14H14N4O7S/c1-24-9-4-7(3-8(18(22)23)12(9)25-2)6-15-17-14-16-13(21)10(26-14)5-11(19)20/h3-4,6,10H,5H2,1-2H3,(H,19,20)(H,16,17,21). The number of nitrogens with zero attached hydrogens (tertiary/aromatic N) is 3. The highest BCUT2D eigenvalue weighted by Gasteiger charge is 2.32. The van der Waals surface area contributed by atoms with Crippen LogP contribution in [0, 0.1) is 10.1 Å². The van der Waals surface area contributed by atoms with Crippen molar-refractivity contribution in [3.8, 4) is 11.5 Å². The van der Waals surface area contributed by atoms with E-state index in [-0.39, 0.29) is 28.8 Å². The van der Waals surface area contributed by atoms with E-state index in [1.807, 2.05) is 0 Å². The normalized spacial score (nSPS) is 18.2. The average molecular weight is 382 g/mol. The minimum Gasteiger partial charge on any atom is -0.493 e. The van der Waals surface area contributed by atoms with Gasteiger partial charge in [0.15, 0.2) is 10.9 Å². The van der Waals surface area contributed by atoms with Crippen molar-refractivity contribution in [2.75, 3.05) is 14.2 Å². The van der Waals surface area contributed by atoms with Crippen LogP contribution in [0.3, 0.4) is 0 Å². The smallest absolute Gasteiger partial charge is 0.315 e. The van der Waals surface area contributed by atoms with Crippen LogP contribution in [0.15, 0.2) is 22.3 Å². The van der Waals surface area contributed by atoms with E-state index in [0.29, 0.717) is 5.56 Å². The number of aliphatic carboxylic acids is 1. The summed E-state index contributed by atoms with van der Waals surface area (Å²) >= 11 is 0.946. The SMILES string of the molecule is COc1cc(C=NN=C2NC(=O)C(CC(=O)O)S2)cc([N+](=O)[O-])c1OC. The van der Waals surface area contributed by atoms with Gasteiger partial charge < -0.3 is 19.9 Å². The number of amides is 1. The van der Waals surface area contributed by atoms with E-state index >= 15 is 0 Å². The number of thioether (sulfide) groups is 1. The largest absolute Gasteiger partial charge is 0.493 e. The van der Waals surface area contributed by atoms with Crippen molar-refractivity contribution in [2.24, 2.45) is 10.2 Å². The van der Waals surface area contributed by atoms with E-state index in [2.05, 4.69) is 15.5 Å². The van der Waals surface area contributed by atoms with E-state index in [0.717, 1.165) is 11.8 Å². The van der Waals surface area contributed by atoms with Gasteiger partial charge >= 0.3 is 11.7 Å². The van der Waals surface area contributed by atoms with E-state index in [1.54, 1.807) is 0 Å². The number of nitrogens with one attached hydrogen (secondary N) is 1. The summed E-state index contributed by atoms with van der Waals surface area (Å²) in [6.07, 6.45) is 0.903. The zero-order valence-corrected chi connectivity index (χ0v) is 14.5. The van der Waals surface area contributed by atoms with Crippen LogP contribution in [0.5, 0.6) is 11.5 Å². The lowest BCUT2D eigenvalue weighted by molar-refractivity contribution is -0.385. The number of carbonyl (C=O) groups is 2. The summed E-state index contributed by atoms with van der Waals surface area (Å²) in [6.45, 7) is 0. The van der Waals surface area contributed by atoms with Gasteiger partial charge in [0.2, 0.25) is 11.7 Å². The van der Waals surface area contributed by atoms with Gasteiger partial charge in [0.25, 0.3) is 0 Å². The Kier molecular flexibility index (Phi) is 6.11. The summed E-state index contributed by atoms with van der Waals surface area (Å²) in [5, 5.41) is 29.2. The van der Waals surface area contributed by atoms with E-state index < -0.39 is 22.0 Å². The van der Waals surface area contributed by atoms with Crippen molar-refractivity contribution in [3.05, 3.63) is 27.8 Å². The fourth-order valence-corrected chi connectivity index (χ4v) is 2.98. The first-order valence-corrected chi connectivity index (χ1v) is 7.94. The molecule has 0 spiro atoms. The summed E-state index contributed by atoms with van der Waals surface area (Å²) in [5.41, 5.74) is 0.0288. The van der Waals surface area contributed by atoms with Crippen molar-refractivity contribution < 1.29 is 29.1 Å². The number of carboxylic acid groups (broad SMARTS) is 1. The second-order valence-corrected chi connectivity index (χ2v) is 6.07. The second-order valence-electron chi connectivity index (χ2n) is 4.88. The van der Waals surface area contributed by atoms with Crippen LogP contribution in [0.25, 0.3) is 0 Å². The second kappa shape index (κ2) is 8.29. The summed E-state index contributed by atoms with van der Waals surface area (Å²) in [6, 6.07) is 2.71. The molecule has 2 rings (SSSR count). The number of hydrogen-bond donors (Lipinski definition) is 2. The molecule has 0 saturated carbocycles. The number of carboxylic acids is 1. The number of rotatable bonds is 7. The van der Waals surface area contributed by atoms with Crippen LogP contribution in [-0.4, -0.2) is 52.8 Å². The fourth-order valence-electron chi connectivity index (χ4n) is 2.07. The highest BCUT2D eigenvalue weighted by atomic mass is 32.2. The Morgan fingerprint density at radius 2 is 2.19 bits per heavy atom. The molecule has 1 aliphatic heterocycles. The van der Waals surface area contributed by atoms with Gasteiger partial charge in [-0.05, 0) is 6.07 Å². The van der Waals surface area contributed by atoms with Crippen LogP contribution >= 0.6 is 11.8 Å². The number of amidine groups is 1. The maximum absolute atomic E-state index is 11.6. The molecule has 0 bridgehead atoms. The van der Waals surface area contributed by atoms with Gasteiger partial charge in [-0.25, -0.2) is 0 Å². The van der Waals surface area contributed by atoms with Crippen LogP contribution in [0.4, 0.5) is 5.69 Å². The maximum atomic E-state index is 11.6. The molecule has 1 aromatic rings. The highest BCUT2D eigenvalue weighted by molar-refractivity contribution is 8.15. The Bertz CT molecular complexity index is 809. The summed E-state index contributed by atoms with van der Waals surface area (Å²) in [4.78, 5) is 32.8. The lowest BCUT2D eigenvalue weighted by Crippen LogP contribution is -2.26.